The average Bonchev–Trinajstić information content (AvgIpc) is 2.13. The number of hydrogen-bond acceptors (Lipinski definition) is 1. The van der Waals surface area contributed by atoms with E-state index in [0.717, 1.165) is 12.8 Å². The first-order valence-corrected chi connectivity index (χ1v) is 6.24. The molecule has 0 amide bonds. The van der Waals surface area contributed by atoms with E-state index >= 15 is 0 Å². The van der Waals surface area contributed by atoms with Gasteiger partial charge in [0.15, 0.2) is 5.78 Å². The Morgan fingerprint density at radius 3 is 2.85 bits per heavy atom. The molecule has 2 saturated carbocycles. The van der Waals surface area contributed by atoms with Crippen molar-refractivity contribution < 1.29 is 4.79 Å². The number of Topliss-reactive ketones (excluding diaryl/α,β-unsaturated/α-hetero) is 1. The maximum absolute atomic E-state index is 12.0. The Kier molecular flexibility index (Phi) is 2.52. The Morgan fingerprint density at radius 1 is 1.31 bits per heavy atom. The smallest absolute Gasteiger partial charge is 0.152 e. The molecular weight excluding hydrogens is 228 g/mol. The molecule has 0 radical (unpaired) electrons. The molecule has 0 N–H and O–H groups in total. The zero-order chi connectivity index (χ0) is 9.47. The van der Waals surface area contributed by atoms with E-state index in [4.69, 9.17) is 0 Å². The molecule has 0 heterocycles. The van der Waals surface area contributed by atoms with Crippen molar-refractivity contribution in [1.82, 2.24) is 0 Å². The molecule has 2 fully saturated rings. The number of halogens is 1. The minimum atomic E-state index is 0.0185. The van der Waals surface area contributed by atoms with Gasteiger partial charge in [-0.3, -0.25) is 4.79 Å². The highest BCUT2D eigenvalue weighted by Crippen LogP contribution is 2.49. The molecule has 0 aromatic carbocycles. The van der Waals surface area contributed by atoms with Gasteiger partial charge in [-0.2, -0.15) is 0 Å². The zero-order valence-corrected chi connectivity index (χ0v) is 9.77. The van der Waals surface area contributed by atoms with Gasteiger partial charge in [-0.25, -0.2) is 0 Å². The summed E-state index contributed by atoms with van der Waals surface area (Å²) in [5, 5.41) is 0. The van der Waals surface area contributed by atoms with Gasteiger partial charge in [0, 0.05) is 5.41 Å². The molecule has 2 heteroatoms. The fourth-order valence-corrected chi connectivity index (χ4v) is 3.82. The van der Waals surface area contributed by atoms with E-state index in [1.54, 1.807) is 0 Å². The van der Waals surface area contributed by atoms with Gasteiger partial charge in [0.1, 0.15) is 0 Å². The lowest BCUT2D eigenvalue weighted by atomic mass is 9.60. The Hall–Kier alpha value is 0.150. The molecule has 2 aliphatic carbocycles. The van der Waals surface area contributed by atoms with Crippen LogP contribution in [0.25, 0.3) is 0 Å². The number of ketones is 1. The van der Waals surface area contributed by atoms with Crippen molar-refractivity contribution in [3.63, 3.8) is 0 Å². The van der Waals surface area contributed by atoms with Crippen molar-refractivity contribution in [3.05, 3.63) is 0 Å². The summed E-state index contributed by atoms with van der Waals surface area (Å²) in [5.41, 5.74) is 0.0185. The van der Waals surface area contributed by atoms with Crippen LogP contribution in [0.15, 0.2) is 0 Å². The van der Waals surface area contributed by atoms with Gasteiger partial charge in [-0.05, 0) is 31.6 Å². The molecule has 1 nitrogen and oxygen atoms in total. The van der Waals surface area contributed by atoms with E-state index in [9.17, 15) is 4.79 Å². The van der Waals surface area contributed by atoms with Crippen molar-refractivity contribution in [2.24, 2.45) is 11.3 Å². The van der Waals surface area contributed by atoms with E-state index in [0.29, 0.717) is 11.7 Å². The van der Waals surface area contributed by atoms with Gasteiger partial charge in [0.25, 0.3) is 0 Å². The third-order valence-corrected chi connectivity index (χ3v) is 4.89. The minimum absolute atomic E-state index is 0.0185. The van der Waals surface area contributed by atoms with Crippen molar-refractivity contribution in [3.8, 4) is 0 Å². The van der Waals surface area contributed by atoms with E-state index in [2.05, 4.69) is 22.9 Å². The quantitative estimate of drug-likeness (QED) is 0.598. The number of alkyl halides is 1. The van der Waals surface area contributed by atoms with Crippen LogP contribution in [-0.2, 0) is 4.79 Å². The monoisotopic (exact) mass is 244 g/mol. The van der Waals surface area contributed by atoms with E-state index in [-0.39, 0.29) is 10.2 Å². The Balaban J connectivity index is 2.22. The molecule has 3 atom stereocenters. The second-order valence-corrected chi connectivity index (χ2v) is 5.87. The topological polar surface area (TPSA) is 17.1 Å². The highest BCUT2D eigenvalue weighted by Gasteiger charge is 2.47. The van der Waals surface area contributed by atoms with Crippen LogP contribution in [0.4, 0.5) is 0 Å². The van der Waals surface area contributed by atoms with Crippen molar-refractivity contribution >= 4 is 21.7 Å². The molecule has 2 aliphatic rings. The fourth-order valence-electron chi connectivity index (χ4n) is 3.03. The standard InChI is InChI=1S/C11H17BrO/c1-11-7-3-2-4-8(11)5-6-9(12)10(11)13/h8-9H,2-7H2,1H3/t8-,9+,11+/m1/s1. The molecule has 74 valence electrons. The first-order valence-electron chi connectivity index (χ1n) is 5.33. The van der Waals surface area contributed by atoms with Crippen LogP contribution in [-0.4, -0.2) is 10.6 Å². The molecule has 0 bridgehead atoms. The fraction of sp³-hybridized carbons (Fsp3) is 0.909. The number of rotatable bonds is 0. The summed E-state index contributed by atoms with van der Waals surface area (Å²) in [6, 6.07) is 0. The summed E-state index contributed by atoms with van der Waals surface area (Å²) in [6.45, 7) is 2.19. The van der Waals surface area contributed by atoms with Crippen molar-refractivity contribution in [2.75, 3.05) is 0 Å². The number of carbonyl (C=O) groups is 1. The summed E-state index contributed by atoms with van der Waals surface area (Å²) in [5.74, 6) is 1.16. The highest BCUT2D eigenvalue weighted by atomic mass is 79.9. The summed E-state index contributed by atoms with van der Waals surface area (Å²) in [4.78, 5) is 12.2. The second kappa shape index (κ2) is 3.38. The number of fused-ring (bicyclic) bond motifs is 1. The molecule has 0 aromatic heterocycles. The maximum atomic E-state index is 12.0. The van der Waals surface area contributed by atoms with Gasteiger partial charge < -0.3 is 0 Å². The minimum Gasteiger partial charge on any atom is -0.298 e. The van der Waals surface area contributed by atoms with Gasteiger partial charge in [-0.1, -0.05) is 35.7 Å². The first-order chi connectivity index (χ1) is 6.14. The highest BCUT2D eigenvalue weighted by molar-refractivity contribution is 9.10. The lowest BCUT2D eigenvalue weighted by Crippen LogP contribution is -2.46. The molecule has 13 heavy (non-hydrogen) atoms. The van der Waals surface area contributed by atoms with Gasteiger partial charge in [-0.15, -0.1) is 0 Å². The second-order valence-electron chi connectivity index (χ2n) is 4.77. The van der Waals surface area contributed by atoms with Crippen molar-refractivity contribution in [1.29, 1.82) is 0 Å². The van der Waals surface area contributed by atoms with Crippen LogP contribution in [0.2, 0.25) is 0 Å². The van der Waals surface area contributed by atoms with Gasteiger partial charge in [0.05, 0.1) is 4.83 Å². The summed E-state index contributed by atoms with van der Waals surface area (Å²) >= 11 is 3.50. The van der Waals surface area contributed by atoms with Crippen LogP contribution in [0, 0.1) is 11.3 Å². The van der Waals surface area contributed by atoms with Crippen LogP contribution < -0.4 is 0 Å². The third kappa shape index (κ3) is 1.47. The Morgan fingerprint density at radius 2 is 2.08 bits per heavy atom. The number of hydrogen-bond donors (Lipinski definition) is 0. The van der Waals surface area contributed by atoms with Crippen LogP contribution in [0.3, 0.4) is 0 Å². The lowest BCUT2D eigenvalue weighted by molar-refractivity contribution is -0.135. The number of carbonyl (C=O) groups excluding carboxylic acids is 1. The van der Waals surface area contributed by atoms with Crippen LogP contribution in [0.5, 0.6) is 0 Å². The van der Waals surface area contributed by atoms with E-state index < -0.39 is 0 Å². The Bertz CT molecular complexity index is 226. The molecule has 0 saturated heterocycles. The molecule has 2 rings (SSSR count). The van der Waals surface area contributed by atoms with Crippen molar-refractivity contribution in [2.45, 2.75) is 50.3 Å². The predicted molar refractivity (Wildman–Crippen MR) is 57.0 cm³/mol. The van der Waals surface area contributed by atoms with E-state index in [1.807, 2.05) is 0 Å². The largest absolute Gasteiger partial charge is 0.298 e. The van der Waals surface area contributed by atoms with Gasteiger partial charge >= 0.3 is 0 Å². The molecule has 0 spiro atoms. The Labute approximate surface area is 88.4 Å². The summed E-state index contributed by atoms with van der Waals surface area (Å²) in [7, 11) is 0. The zero-order valence-electron chi connectivity index (χ0n) is 8.18. The SMILES string of the molecule is C[C@]12CCCC[C@@H]1CC[C@H](Br)C2=O. The average molecular weight is 245 g/mol. The predicted octanol–water partition coefficient (Wildman–Crippen LogP) is 3.31. The van der Waals surface area contributed by atoms with Crippen LogP contribution in [0.1, 0.15) is 45.4 Å². The maximum Gasteiger partial charge on any atom is 0.152 e. The van der Waals surface area contributed by atoms with E-state index in [1.165, 1.54) is 25.7 Å². The lowest BCUT2D eigenvalue weighted by Gasteiger charge is -2.45. The summed E-state index contributed by atoms with van der Waals surface area (Å²) in [6.07, 6.45) is 7.29. The summed E-state index contributed by atoms with van der Waals surface area (Å²) < 4.78 is 0. The normalized spacial score (nSPS) is 45.8. The third-order valence-electron chi connectivity index (χ3n) is 4.02. The molecule has 0 aromatic rings. The molecule has 0 aliphatic heterocycles. The first kappa shape index (κ1) is 9.70. The molecular formula is C11H17BrO. The van der Waals surface area contributed by atoms with Crippen LogP contribution >= 0.6 is 15.9 Å². The van der Waals surface area contributed by atoms with Gasteiger partial charge in [0.2, 0.25) is 0 Å². The molecule has 0 unspecified atom stereocenters.